The number of rotatable bonds is 5. The van der Waals surface area contributed by atoms with Crippen LogP contribution >= 0.6 is 0 Å². The summed E-state index contributed by atoms with van der Waals surface area (Å²) >= 11 is 0. The Hall–Kier alpha value is -0.543. The summed E-state index contributed by atoms with van der Waals surface area (Å²) in [5.41, 5.74) is 0. The lowest BCUT2D eigenvalue weighted by Gasteiger charge is -2.35. The first-order valence-corrected chi connectivity index (χ1v) is 8.95. The first kappa shape index (κ1) is 13.5. The van der Waals surface area contributed by atoms with Gasteiger partial charge in [-0.1, -0.05) is 13.8 Å². The van der Waals surface area contributed by atoms with Crippen molar-refractivity contribution in [1.29, 1.82) is 0 Å². The van der Waals surface area contributed by atoms with Crippen LogP contribution in [-0.4, -0.2) is 13.1 Å². The predicted octanol–water partition coefficient (Wildman–Crippen LogP) is 3.89. The molecule has 0 unspecified atom stereocenters. The average molecular weight is 240 g/mol. The Morgan fingerprint density at radius 1 is 1.31 bits per heavy atom. The fourth-order valence-corrected chi connectivity index (χ4v) is 2.42. The van der Waals surface area contributed by atoms with Crippen molar-refractivity contribution in [2.75, 3.05) is 0 Å². The van der Waals surface area contributed by atoms with Gasteiger partial charge in [0.15, 0.2) is 8.32 Å². The first-order chi connectivity index (χ1) is 7.22. The van der Waals surface area contributed by atoms with Gasteiger partial charge in [-0.15, -0.1) is 0 Å². The van der Waals surface area contributed by atoms with E-state index in [1.165, 1.54) is 0 Å². The van der Waals surface area contributed by atoms with Gasteiger partial charge in [0.25, 0.3) is 0 Å². The normalized spacial score (nSPS) is 13.1. The van der Waals surface area contributed by atoms with Crippen molar-refractivity contribution in [3.63, 3.8) is 0 Å². The summed E-state index contributed by atoms with van der Waals surface area (Å²) in [4.78, 5) is 10.2. The largest absolute Gasteiger partial charge is 0.466 e. The van der Waals surface area contributed by atoms with Crippen molar-refractivity contribution >= 4 is 8.32 Å². The van der Waals surface area contributed by atoms with Crippen LogP contribution in [0.4, 0.5) is 0 Å². The average Bonchev–Trinajstić information content (AvgIpc) is 2.49. The van der Waals surface area contributed by atoms with Gasteiger partial charge in [0.1, 0.15) is 11.5 Å². The molecule has 0 saturated carbocycles. The van der Waals surface area contributed by atoms with Gasteiger partial charge in [-0.05, 0) is 50.0 Å². The number of furan rings is 1. The second-order valence-electron chi connectivity index (χ2n) is 5.81. The van der Waals surface area contributed by atoms with Gasteiger partial charge in [-0.25, -0.2) is 0 Å². The predicted molar refractivity (Wildman–Crippen MR) is 70.1 cm³/mol. The van der Waals surface area contributed by atoms with E-state index in [-0.39, 0.29) is 5.04 Å². The minimum atomic E-state index is -2.05. The molecule has 2 nitrogen and oxygen atoms in total. The smallest absolute Gasteiger partial charge is 0.188 e. The topological polar surface area (TPSA) is 33.4 Å². The Kier molecular flexibility index (Phi) is 4.02. The molecule has 0 aromatic carbocycles. The third kappa shape index (κ3) is 3.49. The van der Waals surface area contributed by atoms with Crippen LogP contribution < -0.4 is 0 Å². The van der Waals surface area contributed by atoms with E-state index in [1.807, 2.05) is 32.2 Å². The second-order valence-corrected chi connectivity index (χ2v) is 10.3. The van der Waals surface area contributed by atoms with Gasteiger partial charge >= 0.3 is 0 Å². The molecule has 0 fully saturated rings. The van der Waals surface area contributed by atoms with Crippen LogP contribution in [0.3, 0.4) is 0 Å². The standard InChI is InChI=1S/C13H24O2Si/c1-11-8-9-12(15-11)7-6-10-13(2,3)16(4,5)14/h8-9,14H,6-7,10H2,1-5H3. The van der Waals surface area contributed by atoms with Gasteiger partial charge in [-0.3, -0.25) is 0 Å². The van der Waals surface area contributed by atoms with Crippen LogP contribution in [0.2, 0.25) is 18.1 Å². The second kappa shape index (κ2) is 4.76. The minimum Gasteiger partial charge on any atom is -0.466 e. The van der Waals surface area contributed by atoms with Crippen molar-refractivity contribution in [2.24, 2.45) is 0 Å². The molecule has 0 saturated heterocycles. The van der Waals surface area contributed by atoms with E-state index >= 15 is 0 Å². The third-order valence-corrected chi connectivity index (χ3v) is 7.24. The maximum absolute atomic E-state index is 10.2. The Morgan fingerprint density at radius 2 is 1.94 bits per heavy atom. The summed E-state index contributed by atoms with van der Waals surface area (Å²) in [5.74, 6) is 2.04. The SMILES string of the molecule is Cc1ccc(CCCC(C)(C)[Si](C)(C)O)o1. The number of hydrogen-bond donors (Lipinski definition) is 1. The molecule has 16 heavy (non-hydrogen) atoms. The molecule has 0 spiro atoms. The molecule has 0 radical (unpaired) electrons. The van der Waals surface area contributed by atoms with Crippen LogP contribution in [0, 0.1) is 6.92 Å². The fraction of sp³-hybridized carbons (Fsp3) is 0.692. The lowest BCUT2D eigenvalue weighted by Crippen LogP contribution is -2.38. The monoisotopic (exact) mass is 240 g/mol. The van der Waals surface area contributed by atoms with E-state index in [0.29, 0.717) is 0 Å². The highest BCUT2D eigenvalue weighted by Crippen LogP contribution is 2.40. The molecule has 1 aromatic heterocycles. The van der Waals surface area contributed by atoms with Crippen molar-refractivity contribution in [1.82, 2.24) is 0 Å². The molecule has 0 amide bonds. The van der Waals surface area contributed by atoms with Crippen LogP contribution in [-0.2, 0) is 6.42 Å². The molecule has 1 N–H and O–H groups in total. The van der Waals surface area contributed by atoms with E-state index in [9.17, 15) is 4.80 Å². The molecular formula is C13H24O2Si. The lowest BCUT2D eigenvalue weighted by atomic mass is 10.0. The molecule has 0 bridgehead atoms. The van der Waals surface area contributed by atoms with Crippen LogP contribution in [0.15, 0.2) is 16.5 Å². The van der Waals surface area contributed by atoms with Crippen LogP contribution in [0.25, 0.3) is 0 Å². The summed E-state index contributed by atoms with van der Waals surface area (Å²) in [7, 11) is -2.05. The van der Waals surface area contributed by atoms with E-state index in [1.54, 1.807) is 0 Å². The Balaban J connectivity index is 2.41. The van der Waals surface area contributed by atoms with Gasteiger partial charge < -0.3 is 9.21 Å². The third-order valence-electron chi connectivity index (χ3n) is 3.68. The molecule has 1 rings (SSSR count). The highest BCUT2D eigenvalue weighted by Gasteiger charge is 2.37. The molecule has 1 heterocycles. The maximum Gasteiger partial charge on any atom is 0.188 e. The maximum atomic E-state index is 10.2. The van der Waals surface area contributed by atoms with Gasteiger partial charge in [0.05, 0.1) is 0 Å². The molecule has 0 atom stereocenters. The zero-order chi connectivity index (χ0) is 12.4. The summed E-state index contributed by atoms with van der Waals surface area (Å²) < 4.78 is 5.53. The summed E-state index contributed by atoms with van der Waals surface area (Å²) in [5, 5.41) is 0.0780. The molecular weight excluding hydrogens is 216 g/mol. The van der Waals surface area contributed by atoms with Gasteiger partial charge in [-0.2, -0.15) is 0 Å². The Bertz CT molecular complexity index is 334. The summed E-state index contributed by atoms with van der Waals surface area (Å²) in [6.07, 6.45) is 3.11. The molecule has 0 aliphatic rings. The first-order valence-electron chi connectivity index (χ1n) is 6.00. The van der Waals surface area contributed by atoms with Crippen molar-refractivity contribution in [3.8, 4) is 0 Å². The quantitative estimate of drug-likeness (QED) is 0.792. The Labute approximate surface area is 99.8 Å². The van der Waals surface area contributed by atoms with E-state index in [0.717, 1.165) is 30.8 Å². The lowest BCUT2D eigenvalue weighted by molar-refractivity contribution is 0.426. The highest BCUT2D eigenvalue weighted by atomic mass is 28.4. The van der Waals surface area contributed by atoms with Crippen molar-refractivity contribution < 1.29 is 9.21 Å². The fourth-order valence-electron chi connectivity index (χ4n) is 1.63. The van der Waals surface area contributed by atoms with Crippen molar-refractivity contribution in [2.45, 2.75) is 58.2 Å². The van der Waals surface area contributed by atoms with Gasteiger partial charge in [0.2, 0.25) is 0 Å². The summed E-state index contributed by atoms with van der Waals surface area (Å²) in [6.45, 7) is 10.4. The Morgan fingerprint density at radius 3 is 2.38 bits per heavy atom. The van der Waals surface area contributed by atoms with E-state index in [4.69, 9.17) is 4.42 Å². The minimum absolute atomic E-state index is 0.0780. The summed E-state index contributed by atoms with van der Waals surface area (Å²) in [6, 6.07) is 4.05. The molecule has 1 aromatic rings. The van der Waals surface area contributed by atoms with Crippen LogP contribution in [0.1, 0.15) is 38.2 Å². The zero-order valence-corrected chi connectivity index (χ0v) is 12.1. The highest BCUT2D eigenvalue weighted by molar-refractivity contribution is 6.72. The number of hydrogen-bond acceptors (Lipinski definition) is 2. The van der Waals surface area contributed by atoms with E-state index < -0.39 is 8.32 Å². The number of aryl methyl sites for hydroxylation is 2. The van der Waals surface area contributed by atoms with Crippen molar-refractivity contribution in [3.05, 3.63) is 23.7 Å². The molecule has 0 aliphatic heterocycles. The molecule has 3 heteroatoms. The zero-order valence-electron chi connectivity index (χ0n) is 11.1. The van der Waals surface area contributed by atoms with Gasteiger partial charge in [0, 0.05) is 6.42 Å². The van der Waals surface area contributed by atoms with E-state index in [2.05, 4.69) is 13.8 Å². The van der Waals surface area contributed by atoms with Crippen LogP contribution in [0.5, 0.6) is 0 Å². The molecule has 92 valence electrons. The molecule has 0 aliphatic carbocycles.